The molecule has 1 saturated heterocycles. The number of hydrogen-bond donors (Lipinski definition) is 1. The van der Waals surface area contributed by atoms with Crippen LogP contribution in [0, 0.1) is 10.1 Å². The molecule has 0 aliphatic carbocycles. The molecule has 1 fully saturated rings. The Balaban J connectivity index is 1.78. The van der Waals surface area contributed by atoms with E-state index in [0.29, 0.717) is 16.8 Å². The van der Waals surface area contributed by atoms with Gasteiger partial charge in [-0.2, -0.15) is 0 Å². The van der Waals surface area contributed by atoms with Crippen LogP contribution in [0.5, 0.6) is 0 Å². The Bertz CT molecular complexity index is 925. The lowest BCUT2D eigenvalue weighted by Crippen LogP contribution is -2.42. The first-order valence-electron chi connectivity index (χ1n) is 8.04. The van der Waals surface area contributed by atoms with E-state index in [1.807, 2.05) is 0 Å². The number of esters is 2. The first kappa shape index (κ1) is 18.1. The highest BCUT2D eigenvalue weighted by Gasteiger charge is 2.38. The number of cyclic esters (lactones) is 2. The van der Waals surface area contributed by atoms with Gasteiger partial charge in [-0.25, -0.2) is 9.59 Å². The number of nitro benzene ring substituents is 1. The molecule has 0 spiro atoms. The predicted molar refractivity (Wildman–Crippen MR) is 96.5 cm³/mol. The van der Waals surface area contributed by atoms with Crippen molar-refractivity contribution in [3.63, 3.8) is 0 Å². The van der Waals surface area contributed by atoms with Gasteiger partial charge in [0.25, 0.3) is 11.5 Å². The number of nitrogens with zero attached hydrogens (tertiary/aromatic N) is 1. The Morgan fingerprint density at radius 1 is 1.00 bits per heavy atom. The highest BCUT2D eigenvalue weighted by Crippen LogP contribution is 2.30. The van der Waals surface area contributed by atoms with Crippen LogP contribution in [0.25, 0.3) is 11.1 Å². The van der Waals surface area contributed by atoms with Crippen LogP contribution in [0.3, 0.4) is 0 Å². The van der Waals surface area contributed by atoms with Crippen LogP contribution in [0.15, 0.2) is 60.3 Å². The van der Waals surface area contributed by atoms with Gasteiger partial charge in [-0.3, -0.25) is 10.1 Å². The van der Waals surface area contributed by atoms with Gasteiger partial charge < -0.3 is 14.8 Å². The maximum atomic E-state index is 11.9. The van der Waals surface area contributed by atoms with Crippen LogP contribution in [0.4, 0.5) is 11.4 Å². The number of anilines is 1. The molecule has 3 rings (SSSR count). The number of ether oxygens (including phenoxy) is 2. The van der Waals surface area contributed by atoms with E-state index in [1.54, 1.807) is 42.5 Å². The lowest BCUT2D eigenvalue weighted by atomic mass is 10.0. The Morgan fingerprint density at radius 2 is 1.59 bits per heavy atom. The van der Waals surface area contributed by atoms with Gasteiger partial charge in [-0.05, 0) is 23.8 Å². The molecule has 0 atom stereocenters. The fraction of sp³-hybridized carbons (Fsp3) is 0.158. The maximum absolute atomic E-state index is 11.9. The van der Waals surface area contributed by atoms with Crippen LogP contribution in [-0.2, 0) is 19.1 Å². The summed E-state index contributed by atoms with van der Waals surface area (Å²) in [6.45, 7) is 2.93. The lowest BCUT2D eigenvalue weighted by Gasteiger charge is -2.29. The number of benzene rings is 2. The molecule has 2 aromatic rings. The normalized spacial score (nSPS) is 15.6. The minimum Gasteiger partial charge on any atom is -0.419 e. The highest BCUT2D eigenvalue weighted by molar-refractivity contribution is 6.15. The maximum Gasteiger partial charge on any atom is 0.350 e. The molecule has 27 heavy (non-hydrogen) atoms. The zero-order valence-corrected chi connectivity index (χ0v) is 14.6. The summed E-state index contributed by atoms with van der Waals surface area (Å²) in [7, 11) is 0. The van der Waals surface area contributed by atoms with Crippen LogP contribution in [0.1, 0.15) is 13.8 Å². The van der Waals surface area contributed by atoms with E-state index in [1.165, 1.54) is 26.1 Å². The third-order valence-electron chi connectivity index (χ3n) is 3.80. The Kier molecular flexibility index (Phi) is 4.64. The van der Waals surface area contributed by atoms with E-state index in [4.69, 9.17) is 9.47 Å². The molecule has 1 N–H and O–H groups in total. The van der Waals surface area contributed by atoms with E-state index < -0.39 is 22.6 Å². The molecule has 1 aliphatic rings. The molecular formula is C19H16N2O6. The summed E-state index contributed by atoms with van der Waals surface area (Å²) in [4.78, 5) is 34.5. The van der Waals surface area contributed by atoms with Crippen LogP contribution >= 0.6 is 0 Å². The summed E-state index contributed by atoms with van der Waals surface area (Å²) in [5, 5.41) is 14.0. The van der Waals surface area contributed by atoms with Gasteiger partial charge in [0.1, 0.15) is 0 Å². The standard InChI is InChI=1S/C19H16N2O6/c1-19(2)26-17(22)15(18(23)27-19)11-20-13-9-7-12(8-10-13)14-5-3-4-6-16(14)21(24)25/h3-11,20H,1-2H3. The van der Waals surface area contributed by atoms with Gasteiger partial charge >= 0.3 is 11.9 Å². The number of carbonyl (C=O) groups is 2. The van der Waals surface area contributed by atoms with Crippen LogP contribution < -0.4 is 5.32 Å². The van der Waals surface area contributed by atoms with Crippen LogP contribution in [-0.4, -0.2) is 22.6 Å². The molecule has 8 nitrogen and oxygen atoms in total. The number of carbonyl (C=O) groups excluding carboxylic acids is 2. The molecule has 1 aliphatic heterocycles. The van der Waals surface area contributed by atoms with Crippen molar-refractivity contribution in [1.82, 2.24) is 0 Å². The first-order chi connectivity index (χ1) is 12.8. The van der Waals surface area contributed by atoms with Gasteiger partial charge in [-0.15, -0.1) is 0 Å². The van der Waals surface area contributed by atoms with Gasteiger partial charge in [0.2, 0.25) is 0 Å². The van der Waals surface area contributed by atoms with Crippen molar-refractivity contribution in [2.24, 2.45) is 0 Å². The second kappa shape index (κ2) is 6.91. The highest BCUT2D eigenvalue weighted by atomic mass is 16.7. The zero-order chi connectivity index (χ0) is 19.6. The third-order valence-corrected chi connectivity index (χ3v) is 3.80. The van der Waals surface area contributed by atoms with E-state index in [-0.39, 0.29) is 11.3 Å². The Morgan fingerprint density at radius 3 is 2.19 bits per heavy atom. The van der Waals surface area contributed by atoms with Crippen molar-refractivity contribution in [1.29, 1.82) is 0 Å². The molecule has 0 radical (unpaired) electrons. The van der Waals surface area contributed by atoms with Crippen molar-refractivity contribution in [3.05, 3.63) is 70.4 Å². The fourth-order valence-corrected chi connectivity index (χ4v) is 2.56. The quantitative estimate of drug-likeness (QED) is 0.290. The topological polar surface area (TPSA) is 108 Å². The monoisotopic (exact) mass is 368 g/mol. The second-order valence-electron chi connectivity index (χ2n) is 6.23. The molecule has 8 heteroatoms. The van der Waals surface area contributed by atoms with Crippen molar-refractivity contribution in [2.75, 3.05) is 5.32 Å². The molecule has 1 heterocycles. The molecule has 138 valence electrons. The number of nitrogens with one attached hydrogen (secondary N) is 1. The third kappa shape index (κ3) is 3.95. The minimum absolute atomic E-state index is 0.00985. The summed E-state index contributed by atoms with van der Waals surface area (Å²) < 4.78 is 10.0. The lowest BCUT2D eigenvalue weighted by molar-refractivity contribution is -0.384. The molecule has 0 unspecified atom stereocenters. The second-order valence-corrected chi connectivity index (χ2v) is 6.23. The average Bonchev–Trinajstić information content (AvgIpc) is 2.60. The van der Waals surface area contributed by atoms with E-state index in [9.17, 15) is 19.7 Å². The number of nitro groups is 1. The summed E-state index contributed by atoms with van der Waals surface area (Å²) in [5.74, 6) is -2.85. The smallest absolute Gasteiger partial charge is 0.350 e. The van der Waals surface area contributed by atoms with E-state index >= 15 is 0 Å². The summed E-state index contributed by atoms with van der Waals surface area (Å²) in [6.07, 6.45) is 1.21. The number of hydrogen-bond acceptors (Lipinski definition) is 7. The SMILES string of the molecule is CC1(C)OC(=O)C(=CNc2ccc(-c3ccccc3[N+](=O)[O-])cc2)C(=O)O1. The van der Waals surface area contributed by atoms with Crippen molar-refractivity contribution < 1.29 is 24.0 Å². The van der Waals surface area contributed by atoms with E-state index in [0.717, 1.165) is 0 Å². The van der Waals surface area contributed by atoms with Gasteiger partial charge in [0, 0.05) is 31.8 Å². The molecule has 0 bridgehead atoms. The van der Waals surface area contributed by atoms with Gasteiger partial charge in [0.05, 0.1) is 10.5 Å². The molecular weight excluding hydrogens is 352 g/mol. The number of para-hydroxylation sites is 1. The molecule has 0 amide bonds. The molecule has 0 aromatic heterocycles. The Hall–Kier alpha value is -3.68. The average molecular weight is 368 g/mol. The Labute approximate surface area is 154 Å². The largest absolute Gasteiger partial charge is 0.419 e. The summed E-state index contributed by atoms with van der Waals surface area (Å²) >= 11 is 0. The minimum atomic E-state index is -1.29. The number of rotatable bonds is 4. The first-order valence-corrected chi connectivity index (χ1v) is 8.04. The van der Waals surface area contributed by atoms with Crippen molar-refractivity contribution in [2.45, 2.75) is 19.6 Å². The predicted octanol–water partition coefficient (Wildman–Crippen LogP) is 3.39. The molecule has 0 saturated carbocycles. The molecule has 2 aromatic carbocycles. The summed E-state index contributed by atoms with van der Waals surface area (Å²) in [5.41, 5.74) is 1.50. The van der Waals surface area contributed by atoms with Crippen molar-refractivity contribution in [3.8, 4) is 11.1 Å². The van der Waals surface area contributed by atoms with E-state index in [2.05, 4.69) is 5.32 Å². The zero-order valence-electron chi connectivity index (χ0n) is 14.6. The van der Waals surface area contributed by atoms with Gasteiger partial charge in [0.15, 0.2) is 5.57 Å². The van der Waals surface area contributed by atoms with Crippen molar-refractivity contribution >= 4 is 23.3 Å². The van der Waals surface area contributed by atoms with Gasteiger partial charge in [-0.1, -0.05) is 24.3 Å². The van der Waals surface area contributed by atoms with Crippen LogP contribution in [0.2, 0.25) is 0 Å². The fourth-order valence-electron chi connectivity index (χ4n) is 2.56. The summed E-state index contributed by atoms with van der Waals surface area (Å²) in [6, 6.07) is 13.2.